The smallest absolute Gasteiger partial charge is 0.313 e. The number of benzene rings is 2. The Bertz CT molecular complexity index is 1130. The van der Waals surface area contributed by atoms with Crippen molar-refractivity contribution in [1.82, 2.24) is 0 Å². The average molecular weight is 497 g/mol. The molecule has 1 saturated heterocycles. The Morgan fingerprint density at radius 1 is 1.11 bits per heavy atom. The standard InChI is InChI=1S/C28H36N2O4S/c1-7-23(22-15-21(17(2)3)27(16-26(22)32)34-28(33)18(4)5)30(19(6)35)20-10-11-25(31)24(14-20)29-12-8-9-13-29/h7,10-11,14-18,31-32,35H,6,8-9,12-13H2,1-5H3/b23-7-. The molecule has 0 atom stereocenters. The van der Waals surface area contributed by atoms with Crippen LogP contribution in [0.5, 0.6) is 17.2 Å². The van der Waals surface area contributed by atoms with Gasteiger partial charge < -0.3 is 24.7 Å². The molecule has 1 aliphatic rings. The summed E-state index contributed by atoms with van der Waals surface area (Å²) in [5.74, 6) is -0.0339. The highest BCUT2D eigenvalue weighted by molar-refractivity contribution is 7.84. The molecule has 1 heterocycles. The van der Waals surface area contributed by atoms with Gasteiger partial charge in [0.05, 0.1) is 22.3 Å². The molecule has 3 rings (SSSR count). The topological polar surface area (TPSA) is 73.2 Å². The number of carbonyl (C=O) groups is 1. The highest BCUT2D eigenvalue weighted by Gasteiger charge is 2.24. The van der Waals surface area contributed by atoms with Crippen molar-refractivity contribution < 1.29 is 19.7 Å². The predicted molar refractivity (Wildman–Crippen MR) is 146 cm³/mol. The fraction of sp³-hybridized carbons (Fsp3) is 0.393. The van der Waals surface area contributed by atoms with Crippen LogP contribution in [0.4, 0.5) is 11.4 Å². The Morgan fingerprint density at radius 3 is 2.31 bits per heavy atom. The van der Waals surface area contributed by atoms with Crippen molar-refractivity contribution >= 4 is 35.7 Å². The number of carbonyl (C=O) groups excluding carboxylic acids is 1. The molecule has 7 heteroatoms. The van der Waals surface area contributed by atoms with Crippen molar-refractivity contribution in [2.24, 2.45) is 5.92 Å². The Morgan fingerprint density at radius 2 is 1.77 bits per heavy atom. The number of thiol groups is 1. The Labute approximate surface area is 213 Å². The molecule has 0 aliphatic carbocycles. The van der Waals surface area contributed by atoms with Crippen molar-refractivity contribution in [3.05, 3.63) is 59.1 Å². The van der Waals surface area contributed by atoms with E-state index in [0.717, 1.165) is 42.9 Å². The third-order valence-corrected chi connectivity index (χ3v) is 6.34. The molecule has 1 aliphatic heterocycles. The lowest BCUT2D eigenvalue weighted by molar-refractivity contribution is -0.137. The molecule has 2 aromatic carbocycles. The molecular formula is C28H36N2O4S. The van der Waals surface area contributed by atoms with Crippen LogP contribution >= 0.6 is 12.6 Å². The first-order chi connectivity index (χ1) is 16.5. The number of hydrogen-bond donors (Lipinski definition) is 3. The minimum Gasteiger partial charge on any atom is -0.507 e. The van der Waals surface area contributed by atoms with Crippen LogP contribution in [0.3, 0.4) is 0 Å². The van der Waals surface area contributed by atoms with Crippen LogP contribution in [-0.2, 0) is 4.79 Å². The molecule has 35 heavy (non-hydrogen) atoms. The van der Waals surface area contributed by atoms with E-state index in [1.807, 2.05) is 43.9 Å². The summed E-state index contributed by atoms with van der Waals surface area (Å²) in [5.41, 5.74) is 3.56. The van der Waals surface area contributed by atoms with Crippen LogP contribution < -0.4 is 14.5 Å². The summed E-state index contributed by atoms with van der Waals surface area (Å²) in [6, 6.07) is 8.75. The second-order valence-electron chi connectivity index (χ2n) is 9.43. The number of phenols is 2. The Balaban J connectivity index is 2.10. The van der Waals surface area contributed by atoms with Crippen LogP contribution in [0, 0.1) is 5.92 Å². The normalized spacial score (nSPS) is 14.1. The van der Waals surface area contributed by atoms with Gasteiger partial charge in [0.25, 0.3) is 0 Å². The van der Waals surface area contributed by atoms with Crippen LogP contribution in [-0.4, -0.2) is 29.3 Å². The van der Waals surface area contributed by atoms with Gasteiger partial charge in [-0.2, -0.15) is 0 Å². The molecule has 0 spiro atoms. The first kappa shape index (κ1) is 26.5. The summed E-state index contributed by atoms with van der Waals surface area (Å²) in [7, 11) is 0. The van der Waals surface area contributed by atoms with Gasteiger partial charge in [0.15, 0.2) is 0 Å². The summed E-state index contributed by atoms with van der Waals surface area (Å²) in [5, 5.41) is 22.0. The van der Waals surface area contributed by atoms with E-state index >= 15 is 0 Å². The molecule has 0 bridgehead atoms. The zero-order valence-corrected chi connectivity index (χ0v) is 22.1. The summed E-state index contributed by atoms with van der Waals surface area (Å²) in [6.45, 7) is 15.3. The monoisotopic (exact) mass is 496 g/mol. The second-order valence-corrected chi connectivity index (χ2v) is 9.95. The molecule has 0 aromatic heterocycles. The molecule has 2 aromatic rings. The van der Waals surface area contributed by atoms with Crippen LogP contribution in [0.2, 0.25) is 0 Å². The van der Waals surface area contributed by atoms with E-state index < -0.39 is 0 Å². The molecule has 0 radical (unpaired) electrons. The summed E-state index contributed by atoms with van der Waals surface area (Å²) in [6.07, 6.45) is 4.06. The molecule has 2 N–H and O–H groups in total. The molecule has 0 amide bonds. The zero-order chi connectivity index (χ0) is 25.9. The second kappa shape index (κ2) is 11.1. The van der Waals surface area contributed by atoms with Gasteiger partial charge in [-0.1, -0.05) is 40.3 Å². The minimum absolute atomic E-state index is 0.0211. The lowest BCUT2D eigenvalue weighted by Gasteiger charge is -2.30. The van der Waals surface area contributed by atoms with E-state index in [2.05, 4.69) is 24.1 Å². The van der Waals surface area contributed by atoms with Gasteiger partial charge in [-0.3, -0.25) is 4.79 Å². The molecule has 6 nitrogen and oxygen atoms in total. The van der Waals surface area contributed by atoms with Gasteiger partial charge in [-0.15, -0.1) is 12.6 Å². The molecule has 188 valence electrons. The Hall–Kier alpha value is -3.06. The maximum atomic E-state index is 12.3. The van der Waals surface area contributed by atoms with E-state index in [-0.39, 0.29) is 29.3 Å². The zero-order valence-electron chi connectivity index (χ0n) is 21.2. The predicted octanol–water partition coefficient (Wildman–Crippen LogP) is 6.65. The summed E-state index contributed by atoms with van der Waals surface area (Å²) >= 11 is 4.57. The van der Waals surface area contributed by atoms with Gasteiger partial charge in [-0.25, -0.2) is 0 Å². The largest absolute Gasteiger partial charge is 0.507 e. The number of ether oxygens (including phenoxy) is 1. The Kier molecular flexibility index (Phi) is 8.43. The fourth-order valence-corrected chi connectivity index (χ4v) is 4.47. The highest BCUT2D eigenvalue weighted by atomic mass is 32.1. The van der Waals surface area contributed by atoms with Gasteiger partial charge in [0, 0.05) is 30.4 Å². The van der Waals surface area contributed by atoms with Gasteiger partial charge in [0.1, 0.15) is 17.2 Å². The van der Waals surface area contributed by atoms with E-state index in [1.165, 1.54) is 6.07 Å². The van der Waals surface area contributed by atoms with E-state index in [4.69, 9.17) is 4.74 Å². The lowest BCUT2D eigenvalue weighted by Crippen LogP contribution is -2.21. The van der Waals surface area contributed by atoms with E-state index in [9.17, 15) is 15.0 Å². The minimum atomic E-state index is -0.353. The lowest BCUT2D eigenvalue weighted by atomic mass is 9.96. The fourth-order valence-electron chi connectivity index (χ4n) is 4.25. The first-order valence-corrected chi connectivity index (χ1v) is 12.5. The number of anilines is 2. The van der Waals surface area contributed by atoms with E-state index in [0.29, 0.717) is 22.0 Å². The van der Waals surface area contributed by atoms with Crippen molar-refractivity contribution in [3.8, 4) is 17.2 Å². The number of rotatable bonds is 8. The molecule has 0 unspecified atom stereocenters. The number of hydrogen-bond acceptors (Lipinski definition) is 7. The summed E-state index contributed by atoms with van der Waals surface area (Å²) < 4.78 is 5.60. The summed E-state index contributed by atoms with van der Waals surface area (Å²) in [4.78, 5) is 16.3. The van der Waals surface area contributed by atoms with Crippen molar-refractivity contribution in [1.29, 1.82) is 0 Å². The third kappa shape index (κ3) is 5.78. The van der Waals surface area contributed by atoms with Gasteiger partial charge in [-0.05, 0) is 55.5 Å². The molecular weight excluding hydrogens is 460 g/mol. The van der Waals surface area contributed by atoms with Gasteiger partial charge >= 0.3 is 5.97 Å². The first-order valence-electron chi connectivity index (χ1n) is 12.1. The van der Waals surface area contributed by atoms with Crippen molar-refractivity contribution in [3.63, 3.8) is 0 Å². The maximum Gasteiger partial charge on any atom is 0.313 e. The number of esters is 1. The van der Waals surface area contributed by atoms with Crippen molar-refractivity contribution in [2.45, 2.75) is 53.4 Å². The van der Waals surface area contributed by atoms with Gasteiger partial charge in [0.2, 0.25) is 0 Å². The third-order valence-electron chi connectivity index (χ3n) is 6.14. The maximum absolute atomic E-state index is 12.3. The number of nitrogens with zero attached hydrogens (tertiary/aromatic N) is 2. The average Bonchev–Trinajstić information content (AvgIpc) is 3.32. The number of aromatic hydroxyl groups is 2. The SMILES string of the molecule is C=C(S)N(/C(=C\C)c1cc(C(C)C)c(OC(=O)C(C)C)cc1O)c1ccc(O)c(N2CCCC2)c1. The van der Waals surface area contributed by atoms with Crippen LogP contribution in [0.15, 0.2) is 48.0 Å². The van der Waals surface area contributed by atoms with Crippen molar-refractivity contribution in [2.75, 3.05) is 22.9 Å². The highest BCUT2D eigenvalue weighted by Crippen LogP contribution is 2.42. The van der Waals surface area contributed by atoms with Crippen LogP contribution in [0.1, 0.15) is 64.5 Å². The van der Waals surface area contributed by atoms with Crippen LogP contribution in [0.25, 0.3) is 5.70 Å². The molecule has 1 fully saturated rings. The quantitative estimate of drug-likeness (QED) is 0.216. The van der Waals surface area contributed by atoms with E-state index in [1.54, 1.807) is 26.0 Å². The molecule has 0 saturated carbocycles. The number of phenolic OH excluding ortho intramolecular Hbond substituents is 2. The number of allylic oxidation sites excluding steroid dienone is 1.